The summed E-state index contributed by atoms with van der Waals surface area (Å²) in [4.78, 5) is 16.6. The highest BCUT2D eigenvalue weighted by atomic mass is 16.5. The number of ether oxygens (including phenoxy) is 3. The first-order valence-electron chi connectivity index (χ1n) is 8.36. The zero-order chi connectivity index (χ0) is 18.8. The van der Waals surface area contributed by atoms with Crippen molar-refractivity contribution in [3.63, 3.8) is 0 Å². The first-order chi connectivity index (χ1) is 12.7. The Balaban J connectivity index is 1.93. The van der Waals surface area contributed by atoms with Crippen molar-refractivity contribution in [2.75, 3.05) is 39.8 Å². The Labute approximate surface area is 153 Å². The fourth-order valence-corrected chi connectivity index (χ4v) is 2.38. The normalized spacial score (nSPS) is 10.3. The van der Waals surface area contributed by atoms with Crippen LogP contribution in [0.25, 0.3) is 0 Å². The summed E-state index contributed by atoms with van der Waals surface area (Å²) in [5.74, 6) is 1.79. The highest BCUT2D eigenvalue weighted by molar-refractivity contribution is 5.94. The highest BCUT2D eigenvalue weighted by Gasteiger charge is 2.09. The lowest BCUT2D eigenvalue weighted by molar-refractivity contribution is 0.0951. The van der Waals surface area contributed by atoms with E-state index in [4.69, 9.17) is 14.2 Å². The van der Waals surface area contributed by atoms with Crippen molar-refractivity contribution in [2.24, 2.45) is 0 Å². The van der Waals surface area contributed by atoms with Crippen LogP contribution < -0.4 is 20.1 Å². The summed E-state index contributed by atoms with van der Waals surface area (Å²) >= 11 is 0. The molecule has 0 atom stereocenters. The Kier molecular flexibility index (Phi) is 7.70. The molecular weight excluding hydrogens is 334 g/mol. The van der Waals surface area contributed by atoms with Crippen molar-refractivity contribution in [3.05, 3.63) is 47.7 Å². The van der Waals surface area contributed by atoms with Crippen LogP contribution in [0.4, 0.5) is 5.82 Å². The topological polar surface area (TPSA) is 81.7 Å². The third-order valence-corrected chi connectivity index (χ3v) is 3.75. The van der Waals surface area contributed by atoms with Gasteiger partial charge in [-0.1, -0.05) is 6.07 Å². The van der Waals surface area contributed by atoms with Crippen LogP contribution in [0.1, 0.15) is 22.3 Å². The molecule has 2 N–H and O–H groups in total. The highest BCUT2D eigenvalue weighted by Crippen LogP contribution is 2.27. The predicted octanol–water partition coefficient (Wildman–Crippen LogP) is 2.48. The average Bonchev–Trinajstić information content (AvgIpc) is 2.69. The van der Waals surface area contributed by atoms with E-state index in [1.54, 1.807) is 39.7 Å². The molecule has 7 heteroatoms. The molecule has 0 spiro atoms. The van der Waals surface area contributed by atoms with Gasteiger partial charge in [-0.25, -0.2) is 4.98 Å². The SMILES string of the molecule is COCCCNc1cc(C(=O)NCc2ccc(OC)c(OC)c2)ccn1. The minimum absolute atomic E-state index is 0.165. The number of amides is 1. The number of carbonyl (C=O) groups excluding carboxylic acids is 1. The van der Waals surface area contributed by atoms with Crippen molar-refractivity contribution in [3.8, 4) is 11.5 Å². The summed E-state index contributed by atoms with van der Waals surface area (Å²) in [6, 6.07) is 8.96. The van der Waals surface area contributed by atoms with Crippen LogP contribution in [0, 0.1) is 0 Å². The molecule has 0 aliphatic rings. The molecule has 1 amide bonds. The van der Waals surface area contributed by atoms with Gasteiger partial charge in [0.25, 0.3) is 5.91 Å². The third-order valence-electron chi connectivity index (χ3n) is 3.75. The van der Waals surface area contributed by atoms with Gasteiger partial charge in [0.2, 0.25) is 0 Å². The van der Waals surface area contributed by atoms with Crippen LogP contribution in [-0.2, 0) is 11.3 Å². The molecule has 1 aromatic carbocycles. The fraction of sp³-hybridized carbons (Fsp3) is 0.368. The second-order valence-corrected chi connectivity index (χ2v) is 5.57. The molecule has 26 heavy (non-hydrogen) atoms. The van der Waals surface area contributed by atoms with Gasteiger partial charge in [0.15, 0.2) is 11.5 Å². The summed E-state index contributed by atoms with van der Waals surface area (Å²) < 4.78 is 15.5. The summed E-state index contributed by atoms with van der Waals surface area (Å²) in [5.41, 5.74) is 1.47. The minimum atomic E-state index is -0.165. The average molecular weight is 359 g/mol. The van der Waals surface area contributed by atoms with E-state index in [9.17, 15) is 4.79 Å². The number of anilines is 1. The molecular formula is C19H25N3O4. The first kappa shape index (κ1) is 19.5. The Morgan fingerprint density at radius 3 is 2.62 bits per heavy atom. The molecule has 7 nitrogen and oxygen atoms in total. The standard InChI is InChI=1S/C19H25N3O4/c1-24-10-4-8-20-18-12-15(7-9-21-18)19(23)22-13-14-5-6-16(25-2)17(11-14)26-3/h5-7,9,11-12H,4,8,10,13H2,1-3H3,(H,20,21)(H,22,23). The number of aromatic nitrogens is 1. The van der Waals surface area contributed by atoms with Crippen molar-refractivity contribution in [2.45, 2.75) is 13.0 Å². The minimum Gasteiger partial charge on any atom is -0.493 e. The number of hydrogen-bond acceptors (Lipinski definition) is 6. The Bertz CT molecular complexity index is 722. The van der Waals surface area contributed by atoms with Gasteiger partial charge in [-0.3, -0.25) is 4.79 Å². The number of pyridine rings is 1. The summed E-state index contributed by atoms with van der Waals surface area (Å²) in [6.45, 7) is 1.80. The van der Waals surface area contributed by atoms with Gasteiger partial charge in [0, 0.05) is 38.6 Å². The lowest BCUT2D eigenvalue weighted by atomic mass is 10.2. The van der Waals surface area contributed by atoms with Gasteiger partial charge >= 0.3 is 0 Å². The third kappa shape index (κ3) is 5.63. The lowest BCUT2D eigenvalue weighted by Gasteiger charge is -2.11. The zero-order valence-electron chi connectivity index (χ0n) is 15.4. The number of nitrogens with zero attached hydrogens (tertiary/aromatic N) is 1. The molecule has 0 radical (unpaired) electrons. The van der Waals surface area contributed by atoms with Crippen LogP contribution in [-0.4, -0.2) is 45.4 Å². The second kappa shape index (κ2) is 10.2. The van der Waals surface area contributed by atoms with Crippen molar-refractivity contribution in [1.82, 2.24) is 10.3 Å². The second-order valence-electron chi connectivity index (χ2n) is 5.57. The number of methoxy groups -OCH3 is 3. The van der Waals surface area contributed by atoms with Crippen molar-refractivity contribution >= 4 is 11.7 Å². The smallest absolute Gasteiger partial charge is 0.251 e. The van der Waals surface area contributed by atoms with Gasteiger partial charge in [-0.2, -0.15) is 0 Å². The molecule has 0 saturated carbocycles. The molecule has 1 heterocycles. The quantitative estimate of drug-likeness (QED) is 0.634. The van der Waals surface area contributed by atoms with E-state index in [0.29, 0.717) is 36.0 Å². The number of benzene rings is 1. The molecule has 0 aliphatic heterocycles. The number of hydrogen-bond donors (Lipinski definition) is 2. The number of nitrogens with one attached hydrogen (secondary N) is 2. The van der Waals surface area contributed by atoms with Crippen LogP contribution in [0.15, 0.2) is 36.5 Å². The Morgan fingerprint density at radius 1 is 1.08 bits per heavy atom. The monoisotopic (exact) mass is 359 g/mol. The van der Waals surface area contributed by atoms with Gasteiger partial charge in [0.05, 0.1) is 14.2 Å². The Morgan fingerprint density at radius 2 is 1.88 bits per heavy atom. The van der Waals surface area contributed by atoms with Gasteiger partial charge in [0.1, 0.15) is 5.82 Å². The first-order valence-corrected chi connectivity index (χ1v) is 8.36. The van der Waals surface area contributed by atoms with Crippen LogP contribution in [0.2, 0.25) is 0 Å². The Hall–Kier alpha value is -2.80. The maximum Gasteiger partial charge on any atom is 0.251 e. The summed E-state index contributed by atoms with van der Waals surface area (Å²) in [5, 5.41) is 6.07. The molecule has 0 unspecified atom stereocenters. The summed E-state index contributed by atoms with van der Waals surface area (Å²) in [6.07, 6.45) is 2.48. The van der Waals surface area contributed by atoms with E-state index in [1.807, 2.05) is 18.2 Å². The molecule has 0 fully saturated rings. The largest absolute Gasteiger partial charge is 0.493 e. The van der Waals surface area contributed by atoms with Gasteiger partial charge < -0.3 is 24.8 Å². The van der Waals surface area contributed by atoms with Crippen molar-refractivity contribution in [1.29, 1.82) is 0 Å². The van der Waals surface area contributed by atoms with E-state index < -0.39 is 0 Å². The number of carbonyl (C=O) groups is 1. The van der Waals surface area contributed by atoms with Crippen LogP contribution >= 0.6 is 0 Å². The molecule has 2 aromatic rings. The predicted molar refractivity (Wildman–Crippen MR) is 99.9 cm³/mol. The van der Waals surface area contributed by atoms with E-state index >= 15 is 0 Å². The molecule has 0 bridgehead atoms. The molecule has 140 valence electrons. The fourth-order valence-electron chi connectivity index (χ4n) is 2.38. The van der Waals surface area contributed by atoms with E-state index in [1.165, 1.54) is 0 Å². The molecule has 0 aliphatic carbocycles. The molecule has 0 saturated heterocycles. The van der Waals surface area contributed by atoms with Crippen LogP contribution in [0.5, 0.6) is 11.5 Å². The lowest BCUT2D eigenvalue weighted by Crippen LogP contribution is -2.23. The van der Waals surface area contributed by atoms with E-state index in [0.717, 1.165) is 18.5 Å². The number of rotatable bonds is 10. The van der Waals surface area contributed by atoms with E-state index in [2.05, 4.69) is 15.6 Å². The van der Waals surface area contributed by atoms with Gasteiger partial charge in [-0.05, 0) is 36.2 Å². The van der Waals surface area contributed by atoms with Crippen molar-refractivity contribution < 1.29 is 19.0 Å². The van der Waals surface area contributed by atoms with E-state index in [-0.39, 0.29) is 5.91 Å². The molecule has 1 aromatic heterocycles. The molecule has 2 rings (SSSR count). The maximum absolute atomic E-state index is 12.4. The maximum atomic E-state index is 12.4. The summed E-state index contributed by atoms with van der Waals surface area (Å²) in [7, 11) is 4.84. The van der Waals surface area contributed by atoms with Gasteiger partial charge in [-0.15, -0.1) is 0 Å². The van der Waals surface area contributed by atoms with Crippen LogP contribution in [0.3, 0.4) is 0 Å². The zero-order valence-corrected chi connectivity index (χ0v) is 15.4.